The number of H-pyrrole nitrogens is 1. The lowest BCUT2D eigenvalue weighted by Gasteiger charge is -1.94. The molecule has 0 aliphatic rings. The van der Waals surface area contributed by atoms with Crippen molar-refractivity contribution < 1.29 is 9.90 Å². The lowest BCUT2D eigenvalue weighted by Crippen LogP contribution is -1.97. The Labute approximate surface area is 88.1 Å². The van der Waals surface area contributed by atoms with Gasteiger partial charge in [0.25, 0.3) is 0 Å². The van der Waals surface area contributed by atoms with Crippen LogP contribution in [0.3, 0.4) is 0 Å². The fourth-order valence-corrected chi connectivity index (χ4v) is 1.60. The molecule has 0 atom stereocenters. The van der Waals surface area contributed by atoms with Crippen LogP contribution in [-0.4, -0.2) is 26.2 Å². The molecule has 2 rings (SSSR count). The zero-order valence-corrected chi connectivity index (χ0v) is 8.71. The van der Waals surface area contributed by atoms with Gasteiger partial charge in [-0.15, -0.1) is 0 Å². The quantitative estimate of drug-likeness (QED) is 0.635. The van der Waals surface area contributed by atoms with Gasteiger partial charge in [-0.05, 0) is 6.07 Å². The smallest absolute Gasteiger partial charge is 0.175 e. The summed E-state index contributed by atoms with van der Waals surface area (Å²) in [5.41, 5.74) is 1.15. The predicted octanol–water partition coefficient (Wildman–Crippen LogP) is 1.85. The van der Waals surface area contributed by atoms with E-state index in [1.54, 1.807) is 6.20 Å². The Balaban J connectivity index is 2.67. The molecule has 0 saturated carbocycles. The van der Waals surface area contributed by atoms with E-state index in [9.17, 15) is 9.90 Å². The third-order valence-corrected chi connectivity index (χ3v) is 2.45. The first kappa shape index (κ1) is 9.21. The molecule has 2 heterocycles. The lowest BCUT2D eigenvalue weighted by molar-refractivity contribution is 0.102. The van der Waals surface area contributed by atoms with Crippen LogP contribution in [0, 0.1) is 0 Å². The van der Waals surface area contributed by atoms with E-state index in [1.807, 2.05) is 0 Å². The van der Waals surface area contributed by atoms with Crippen molar-refractivity contribution in [3.63, 3.8) is 0 Å². The first-order valence-corrected chi connectivity index (χ1v) is 5.10. The summed E-state index contributed by atoms with van der Waals surface area (Å²) in [5, 5.41) is 10.1. The molecule has 0 aliphatic carbocycles. The zero-order valence-electron chi connectivity index (χ0n) is 7.12. The van der Waals surface area contributed by atoms with Gasteiger partial charge in [0.15, 0.2) is 5.78 Å². The van der Waals surface area contributed by atoms with Gasteiger partial charge in [-0.1, -0.05) is 15.9 Å². The Morgan fingerprint density at radius 1 is 1.64 bits per heavy atom. The minimum absolute atomic E-state index is 0.0383. The van der Waals surface area contributed by atoms with Gasteiger partial charge in [-0.3, -0.25) is 4.79 Å². The van der Waals surface area contributed by atoms with Crippen LogP contribution in [0.5, 0.6) is 5.75 Å². The molecule has 0 radical (unpaired) electrons. The molecule has 4 nitrogen and oxygen atoms in total. The highest BCUT2D eigenvalue weighted by Gasteiger charge is 2.11. The second-order valence-electron chi connectivity index (χ2n) is 2.85. The minimum Gasteiger partial charge on any atom is -0.506 e. The Morgan fingerprint density at radius 2 is 2.43 bits per heavy atom. The van der Waals surface area contributed by atoms with Crippen molar-refractivity contribution in [2.75, 3.05) is 5.33 Å². The topological polar surface area (TPSA) is 66.0 Å². The van der Waals surface area contributed by atoms with Crippen LogP contribution < -0.4 is 0 Å². The molecule has 0 fully saturated rings. The Hall–Kier alpha value is -1.36. The van der Waals surface area contributed by atoms with Crippen LogP contribution in [0.15, 0.2) is 18.5 Å². The van der Waals surface area contributed by atoms with E-state index in [0.29, 0.717) is 16.6 Å². The van der Waals surface area contributed by atoms with Gasteiger partial charge < -0.3 is 10.1 Å². The molecule has 0 unspecified atom stereocenters. The number of ketones is 1. The van der Waals surface area contributed by atoms with Crippen molar-refractivity contribution in [2.45, 2.75) is 0 Å². The molecule has 2 aromatic rings. The largest absolute Gasteiger partial charge is 0.506 e. The summed E-state index contributed by atoms with van der Waals surface area (Å²) in [4.78, 5) is 18.2. The van der Waals surface area contributed by atoms with Gasteiger partial charge in [0.2, 0.25) is 0 Å². The number of nitrogens with one attached hydrogen (secondary N) is 1. The van der Waals surface area contributed by atoms with E-state index in [-0.39, 0.29) is 16.9 Å². The van der Waals surface area contributed by atoms with Gasteiger partial charge in [0.05, 0.1) is 11.5 Å². The highest BCUT2D eigenvalue weighted by atomic mass is 79.9. The fourth-order valence-electron chi connectivity index (χ4n) is 1.30. The van der Waals surface area contributed by atoms with Crippen LogP contribution in [0.2, 0.25) is 0 Å². The number of halogens is 1. The molecule has 0 bridgehead atoms. The average Bonchev–Trinajstić information content (AvgIpc) is 2.59. The first-order valence-electron chi connectivity index (χ1n) is 3.97. The minimum atomic E-state index is -0.0383. The van der Waals surface area contributed by atoms with Crippen molar-refractivity contribution in [3.05, 3.63) is 24.0 Å². The second-order valence-corrected chi connectivity index (χ2v) is 3.41. The van der Waals surface area contributed by atoms with Gasteiger partial charge in [0.1, 0.15) is 11.4 Å². The molecule has 0 aromatic carbocycles. The highest BCUT2D eigenvalue weighted by Crippen LogP contribution is 2.21. The van der Waals surface area contributed by atoms with Crippen molar-refractivity contribution in [1.82, 2.24) is 9.97 Å². The number of hydrogen-bond acceptors (Lipinski definition) is 3. The van der Waals surface area contributed by atoms with E-state index in [4.69, 9.17) is 0 Å². The fraction of sp³-hybridized carbons (Fsp3) is 0.111. The monoisotopic (exact) mass is 254 g/mol. The van der Waals surface area contributed by atoms with E-state index in [1.165, 1.54) is 12.3 Å². The maximum absolute atomic E-state index is 11.4. The normalized spacial score (nSPS) is 10.6. The first-order chi connectivity index (χ1) is 6.72. The van der Waals surface area contributed by atoms with Gasteiger partial charge >= 0.3 is 0 Å². The molecule has 0 amide bonds. The number of carbonyl (C=O) groups is 1. The van der Waals surface area contributed by atoms with Crippen LogP contribution in [0.1, 0.15) is 10.4 Å². The molecule has 72 valence electrons. The number of aromatic nitrogens is 2. The standard InChI is InChI=1S/C9H7BrN2O2/c10-2-8(14)7-4-12-9-6(7)1-5(13)3-11-9/h1,3-4,13H,2H2,(H,11,12). The summed E-state index contributed by atoms with van der Waals surface area (Å²) in [5.74, 6) is 0.0179. The summed E-state index contributed by atoms with van der Waals surface area (Å²) in [6, 6.07) is 1.52. The number of hydrogen-bond donors (Lipinski definition) is 2. The highest BCUT2D eigenvalue weighted by molar-refractivity contribution is 9.09. The number of nitrogens with zero attached hydrogens (tertiary/aromatic N) is 1. The van der Waals surface area contributed by atoms with Crippen LogP contribution in [-0.2, 0) is 0 Å². The molecule has 0 aliphatic heterocycles. The summed E-state index contributed by atoms with van der Waals surface area (Å²) in [6.45, 7) is 0. The third kappa shape index (κ3) is 1.39. The Morgan fingerprint density at radius 3 is 3.14 bits per heavy atom. The van der Waals surface area contributed by atoms with Crippen molar-refractivity contribution in [1.29, 1.82) is 0 Å². The summed E-state index contributed by atoms with van der Waals surface area (Å²) < 4.78 is 0. The molecule has 0 saturated heterocycles. The van der Waals surface area contributed by atoms with Gasteiger partial charge in [-0.2, -0.15) is 0 Å². The number of rotatable bonds is 2. The SMILES string of the molecule is O=C(CBr)c1c[nH]c2ncc(O)cc12. The summed E-state index contributed by atoms with van der Waals surface area (Å²) in [6.07, 6.45) is 2.93. The molecular formula is C9H7BrN2O2. The summed E-state index contributed by atoms with van der Waals surface area (Å²) >= 11 is 3.09. The average molecular weight is 255 g/mol. The van der Waals surface area contributed by atoms with E-state index < -0.39 is 0 Å². The Bertz CT molecular complexity index is 493. The number of carbonyl (C=O) groups excluding carboxylic acids is 1. The number of aromatic hydroxyl groups is 1. The van der Waals surface area contributed by atoms with E-state index in [2.05, 4.69) is 25.9 Å². The zero-order chi connectivity index (χ0) is 10.1. The maximum Gasteiger partial charge on any atom is 0.175 e. The number of fused-ring (bicyclic) bond motifs is 1. The molecule has 2 aromatic heterocycles. The van der Waals surface area contributed by atoms with Crippen LogP contribution in [0.25, 0.3) is 11.0 Å². The van der Waals surface area contributed by atoms with Crippen LogP contribution in [0.4, 0.5) is 0 Å². The maximum atomic E-state index is 11.4. The molecule has 0 spiro atoms. The van der Waals surface area contributed by atoms with Gasteiger partial charge in [-0.25, -0.2) is 4.98 Å². The Kier molecular flexibility index (Phi) is 2.25. The number of Topliss-reactive ketones (excluding diaryl/α,β-unsaturated/α-hetero) is 1. The third-order valence-electron chi connectivity index (χ3n) is 1.94. The number of aromatic amines is 1. The van der Waals surface area contributed by atoms with Crippen molar-refractivity contribution in [2.24, 2.45) is 0 Å². The van der Waals surface area contributed by atoms with Gasteiger partial charge in [0, 0.05) is 17.1 Å². The summed E-state index contributed by atoms with van der Waals surface area (Å²) in [7, 11) is 0. The molecular weight excluding hydrogens is 248 g/mol. The van der Waals surface area contributed by atoms with E-state index in [0.717, 1.165) is 0 Å². The second kappa shape index (κ2) is 3.42. The van der Waals surface area contributed by atoms with E-state index >= 15 is 0 Å². The molecule has 5 heteroatoms. The van der Waals surface area contributed by atoms with Crippen LogP contribution >= 0.6 is 15.9 Å². The molecule has 2 N–H and O–H groups in total. The van der Waals surface area contributed by atoms with Crippen molar-refractivity contribution in [3.8, 4) is 5.75 Å². The molecule has 14 heavy (non-hydrogen) atoms. The van der Waals surface area contributed by atoms with Crippen molar-refractivity contribution >= 4 is 32.7 Å². The predicted molar refractivity (Wildman–Crippen MR) is 55.9 cm³/mol. The number of alkyl halides is 1. The lowest BCUT2D eigenvalue weighted by atomic mass is 10.1. The number of pyridine rings is 1.